The first-order chi connectivity index (χ1) is 7.26. The van der Waals surface area contributed by atoms with Crippen LogP contribution in [0.25, 0.3) is 0 Å². The predicted molar refractivity (Wildman–Crippen MR) is 56.6 cm³/mol. The Morgan fingerprint density at radius 2 is 2.33 bits per heavy atom. The molecule has 0 aliphatic carbocycles. The molecule has 1 saturated heterocycles. The second-order valence-corrected chi connectivity index (χ2v) is 3.97. The van der Waals surface area contributed by atoms with Crippen molar-refractivity contribution in [1.29, 1.82) is 0 Å². The van der Waals surface area contributed by atoms with Gasteiger partial charge in [-0.15, -0.1) is 0 Å². The van der Waals surface area contributed by atoms with Crippen LogP contribution in [0.1, 0.15) is 33.1 Å². The smallest absolute Gasteiger partial charge is 0.160 e. The molecule has 4 heteroatoms. The van der Waals surface area contributed by atoms with Gasteiger partial charge in [-0.1, -0.05) is 13.3 Å². The molecule has 1 unspecified atom stereocenters. The van der Waals surface area contributed by atoms with Crippen LogP contribution in [0, 0.1) is 0 Å². The molecule has 0 aromatic heterocycles. The lowest BCUT2D eigenvalue weighted by Crippen LogP contribution is -2.21. The van der Waals surface area contributed by atoms with Crippen molar-refractivity contribution in [2.75, 3.05) is 19.8 Å². The maximum Gasteiger partial charge on any atom is 0.160 e. The van der Waals surface area contributed by atoms with E-state index in [1.807, 2.05) is 6.92 Å². The quantitative estimate of drug-likeness (QED) is 0.655. The Balaban J connectivity index is 2.07. The summed E-state index contributed by atoms with van der Waals surface area (Å²) in [5, 5.41) is 8.86. The number of unbranched alkanes of at least 4 members (excludes halogenated alkanes) is 1. The zero-order chi connectivity index (χ0) is 11.1. The van der Waals surface area contributed by atoms with Crippen LogP contribution in [0.5, 0.6) is 0 Å². The van der Waals surface area contributed by atoms with Gasteiger partial charge in [0, 0.05) is 13.0 Å². The van der Waals surface area contributed by atoms with E-state index in [-0.39, 0.29) is 25.1 Å². The van der Waals surface area contributed by atoms with Gasteiger partial charge in [0.1, 0.15) is 6.10 Å². The van der Waals surface area contributed by atoms with E-state index in [2.05, 4.69) is 6.92 Å². The summed E-state index contributed by atoms with van der Waals surface area (Å²) < 4.78 is 16.4. The van der Waals surface area contributed by atoms with E-state index in [0.717, 1.165) is 25.9 Å². The predicted octanol–water partition coefficient (Wildman–Crippen LogP) is 1.32. The van der Waals surface area contributed by atoms with Gasteiger partial charge in [-0.3, -0.25) is 0 Å². The molecule has 1 heterocycles. The van der Waals surface area contributed by atoms with Gasteiger partial charge in [-0.05, 0) is 13.3 Å². The highest BCUT2D eigenvalue weighted by atomic mass is 16.7. The Morgan fingerprint density at radius 3 is 2.93 bits per heavy atom. The number of hydrogen-bond acceptors (Lipinski definition) is 4. The standard InChI is InChI=1S/C11H22O4/c1-3-4-5-13-9(2)6-11-14-8-10(7-12)15-11/h9-12H,3-8H2,1-2H3/t9?,10-,11-/m0/s1. The maximum atomic E-state index is 8.86. The number of ether oxygens (including phenoxy) is 3. The van der Waals surface area contributed by atoms with E-state index in [0.29, 0.717) is 6.61 Å². The Morgan fingerprint density at radius 1 is 1.53 bits per heavy atom. The molecule has 0 aromatic carbocycles. The fourth-order valence-electron chi connectivity index (χ4n) is 1.50. The lowest BCUT2D eigenvalue weighted by atomic mass is 10.2. The third-order valence-corrected chi connectivity index (χ3v) is 2.44. The minimum absolute atomic E-state index is 0.0293. The van der Waals surface area contributed by atoms with E-state index < -0.39 is 0 Å². The summed E-state index contributed by atoms with van der Waals surface area (Å²) in [5.41, 5.74) is 0. The topological polar surface area (TPSA) is 47.9 Å². The fourth-order valence-corrected chi connectivity index (χ4v) is 1.50. The van der Waals surface area contributed by atoms with Crippen LogP contribution in [0.4, 0.5) is 0 Å². The second-order valence-electron chi connectivity index (χ2n) is 3.97. The van der Waals surface area contributed by atoms with Crippen LogP contribution < -0.4 is 0 Å². The Hall–Kier alpha value is -0.160. The van der Waals surface area contributed by atoms with Gasteiger partial charge in [-0.25, -0.2) is 0 Å². The van der Waals surface area contributed by atoms with Crippen molar-refractivity contribution in [3.05, 3.63) is 0 Å². The first-order valence-corrected chi connectivity index (χ1v) is 5.75. The molecule has 1 N–H and O–H groups in total. The first kappa shape index (κ1) is 12.9. The van der Waals surface area contributed by atoms with E-state index in [1.54, 1.807) is 0 Å². The number of aliphatic hydroxyl groups excluding tert-OH is 1. The summed E-state index contributed by atoms with van der Waals surface area (Å²) in [7, 11) is 0. The largest absolute Gasteiger partial charge is 0.394 e. The SMILES string of the molecule is CCCCOC(C)C[C@H]1OC[C@H](CO)O1. The first-order valence-electron chi connectivity index (χ1n) is 5.75. The summed E-state index contributed by atoms with van der Waals surface area (Å²) in [4.78, 5) is 0. The minimum atomic E-state index is -0.209. The second kappa shape index (κ2) is 7.17. The molecule has 1 rings (SSSR count). The average molecular weight is 218 g/mol. The molecule has 15 heavy (non-hydrogen) atoms. The molecular formula is C11H22O4. The van der Waals surface area contributed by atoms with Crippen molar-refractivity contribution in [2.45, 2.75) is 51.6 Å². The molecule has 4 nitrogen and oxygen atoms in total. The van der Waals surface area contributed by atoms with Crippen molar-refractivity contribution < 1.29 is 19.3 Å². The van der Waals surface area contributed by atoms with Crippen LogP contribution in [0.2, 0.25) is 0 Å². The summed E-state index contributed by atoms with van der Waals surface area (Å²) in [6.45, 7) is 5.48. The summed E-state index contributed by atoms with van der Waals surface area (Å²) in [6, 6.07) is 0. The normalized spacial score (nSPS) is 28.2. The zero-order valence-electron chi connectivity index (χ0n) is 9.65. The molecule has 1 aliphatic heterocycles. The maximum absolute atomic E-state index is 8.86. The minimum Gasteiger partial charge on any atom is -0.394 e. The van der Waals surface area contributed by atoms with Crippen LogP contribution in [0.3, 0.4) is 0 Å². The number of hydrogen-bond donors (Lipinski definition) is 1. The molecular weight excluding hydrogens is 196 g/mol. The van der Waals surface area contributed by atoms with Gasteiger partial charge in [-0.2, -0.15) is 0 Å². The Kier molecular flexibility index (Phi) is 6.17. The van der Waals surface area contributed by atoms with Crippen molar-refractivity contribution in [3.8, 4) is 0 Å². The van der Waals surface area contributed by atoms with E-state index in [1.165, 1.54) is 0 Å². The highest BCUT2D eigenvalue weighted by Gasteiger charge is 2.26. The van der Waals surface area contributed by atoms with Gasteiger partial charge in [0.15, 0.2) is 6.29 Å². The number of aliphatic hydroxyl groups is 1. The monoisotopic (exact) mass is 218 g/mol. The van der Waals surface area contributed by atoms with E-state index >= 15 is 0 Å². The molecule has 1 fully saturated rings. The van der Waals surface area contributed by atoms with Crippen LogP contribution in [-0.4, -0.2) is 43.4 Å². The highest BCUT2D eigenvalue weighted by Crippen LogP contribution is 2.17. The summed E-state index contributed by atoms with van der Waals surface area (Å²) >= 11 is 0. The van der Waals surface area contributed by atoms with E-state index in [9.17, 15) is 0 Å². The Bertz CT molecular complexity index is 163. The van der Waals surface area contributed by atoms with Gasteiger partial charge in [0.05, 0.1) is 19.3 Å². The fraction of sp³-hybridized carbons (Fsp3) is 1.00. The molecule has 3 atom stereocenters. The van der Waals surface area contributed by atoms with Gasteiger partial charge >= 0.3 is 0 Å². The van der Waals surface area contributed by atoms with Crippen molar-refractivity contribution in [3.63, 3.8) is 0 Å². The van der Waals surface area contributed by atoms with Gasteiger partial charge in [0.25, 0.3) is 0 Å². The summed E-state index contributed by atoms with van der Waals surface area (Å²) in [6.07, 6.45) is 2.77. The molecule has 0 bridgehead atoms. The van der Waals surface area contributed by atoms with Crippen LogP contribution in [0.15, 0.2) is 0 Å². The Labute approximate surface area is 91.5 Å². The van der Waals surface area contributed by atoms with Crippen molar-refractivity contribution >= 4 is 0 Å². The molecule has 0 aromatic rings. The lowest BCUT2D eigenvalue weighted by Gasteiger charge is -2.16. The van der Waals surface area contributed by atoms with Crippen LogP contribution in [-0.2, 0) is 14.2 Å². The van der Waals surface area contributed by atoms with Crippen molar-refractivity contribution in [1.82, 2.24) is 0 Å². The average Bonchev–Trinajstić information content (AvgIpc) is 2.66. The molecule has 0 spiro atoms. The third kappa shape index (κ3) is 4.93. The van der Waals surface area contributed by atoms with Crippen LogP contribution >= 0.6 is 0 Å². The molecule has 0 radical (unpaired) electrons. The molecule has 0 saturated carbocycles. The zero-order valence-corrected chi connectivity index (χ0v) is 9.65. The van der Waals surface area contributed by atoms with Gasteiger partial charge < -0.3 is 19.3 Å². The third-order valence-electron chi connectivity index (χ3n) is 2.44. The van der Waals surface area contributed by atoms with Crippen molar-refractivity contribution in [2.24, 2.45) is 0 Å². The molecule has 90 valence electrons. The van der Waals surface area contributed by atoms with Gasteiger partial charge in [0.2, 0.25) is 0 Å². The summed E-state index contributed by atoms with van der Waals surface area (Å²) in [5.74, 6) is 0. The number of rotatable bonds is 7. The van der Waals surface area contributed by atoms with E-state index in [4.69, 9.17) is 19.3 Å². The molecule has 0 amide bonds. The lowest BCUT2D eigenvalue weighted by molar-refractivity contribution is -0.0958. The highest BCUT2D eigenvalue weighted by molar-refractivity contribution is 4.66. The molecule has 1 aliphatic rings.